The van der Waals surface area contributed by atoms with Crippen molar-refractivity contribution in [2.45, 2.75) is 33.2 Å². The van der Waals surface area contributed by atoms with E-state index >= 15 is 0 Å². The molecule has 15 heavy (non-hydrogen) atoms. The Morgan fingerprint density at radius 1 is 1.20 bits per heavy atom. The summed E-state index contributed by atoms with van der Waals surface area (Å²) in [6.45, 7) is 6.26. The minimum absolute atomic E-state index is 0.250. The van der Waals surface area contributed by atoms with Gasteiger partial charge in [-0.3, -0.25) is 0 Å². The van der Waals surface area contributed by atoms with Gasteiger partial charge in [0, 0.05) is 17.8 Å². The molecule has 0 amide bonds. The first-order valence-electron chi connectivity index (χ1n) is 5.26. The van der Waals surface area contributed by atoms with Crippen molar-refractivity contribution in [1.29, 1.82) is 0 Å². The van der Waals surface area contributed by atoms with E-state index in [1.54, 1.807) is 6.07 Å². The van der Waals surface area contributed by atoms with Gasteiger partial charge in [0.15, 0.2) is 11.6 Å². The lowest BCUT2D eigenvalue weighted by Gasteiger charge is -2.21. The molecule has 0 spiro atoms. The van der Waals surface area contributed by atoms with Gasteiger partial charge in [-0.05, 0) is 25.0 Å². The highest BCUT2D eigenvalue weighted by Gasteiger charge is 2.10. The summed E-state index contributed by atoms with van der Waals surface area (Å²) in [7, 11) is 0. The minimum atomic E-state index is -0.809. The molecule has 0 saturated carbocycles. The zero-order valence-corrected chi connectivity index (χ0v) is 9.35. The fraction of sp³-hybridized carbons (Fsp3) is 0.500. The standard InChI is InChI=1S/C12H17F2N/c1-4-8(2)9(3)15-10-5-6-11(13)12(14)7-10/h5-9,15H,4H2,1-3H3. The zero-order valence-electron chi connectivity index (χ0n) is 9.35. The van der Waals surface area contributed by atoms with E-state index in [0.29, 0.717) is 11.6 Å². The van der Waals surface area contributed by atoms with Crippen LogP contribution >= 0.6 is 0 Å². The SMILES string of the molecule is CCC(C)C(C)Nc1ccc(F)c(F)c1. The second-order valence-corrected chi connectivity index (χ2v) is 3.95. The molecule has 2 unspecified atom stereocenters. The van der Waals surface area contributed by atoms with Gasteiger partial charge in [-0.1, -0.05) is 20.3 Å². The Bertz CT molecular complexity index is 325. The maximum absolute atomic E-state index is 12.9. The summed E-state index contributed by atoms with van der Waals surface area (Å²) in [4.78, 5) is 0. The highest BCUT2D eigenvalue weighted by molar-refractivity contribution is 5.44. The number of nitrogens with one attached hydrogen (secondary N) is 1. The molecule has 0 bridgehead atoms. The van der Waals surface area contributed by atoms with Gasteiger partial charge in [-0.2, -0.15) is 0 Å². The molecular formula is C12H17F2N. The van der Waals surface area contributed by atoms with Crippen LogP contribution in [-0.4, -0.2) is 6.04 Å². The van der Waals surface area contributed by atoms with Crippen LogP contribution in [0.4, 0.5) is 14.5 Å². The zero-order chi connectivity index (χ0) is 11.4. The van der Waals surface area contributed by atoms with E-state index in [1.807, 2.05) is 6.92 Å². The van der Waals surface area contributed by atoms with Gasteiger partial charge in [-0.15, -0.1) is 0 Å². The van der Waals surface area contributed by atoms with Crippen molar-refractivity contribution < 1.29 is 8.78 Å². The summed E-state index contributed by atoms with van der Waals surface area (Å²) in [5, 5.41) is 3.15. The van der Waals surface area contributed by atoms with Crippen LogP contribution in [0.2, 0.25) is 0 Å². The van der Waals surface area contributed by atoms with Crippen molar-refractivity contribution in [3.05, 3.63) is 29.8 Å². The Hall–Kier alpha value is -1.12. The van der Waals surface area contributed by atoms with E-state index < -0.39 is 11.6 Å². The second-order valence-electron chi connectivity index (χ2n) is 3.95. The van der Waals surface area contributed by atoms with Crippen molar-refractivity contribution in [1.82, 2.24) is 0 Å². The third-order valence-corrected chi connectivity index (χ3v) is 2.81. The van der Waals surface area contributed by atoms with Crippen LogP contribution < -0.4 is 5.32 Å². The summed E-state index contributed by atoms with van der Waals surface area (Å²) >= 11 is 0. The number of rotatable bonds is 4. The third-order valence-electron chi connectivity index (χ3n) is 2.81. The molecule has 1 rings (SSSR count). The van der Waals surface area contributed by atoms with Crippen LogP contribution in [0.1, 0.15) is 27.2 Å². The molecule has 0 radical (unpaired) electrons. The second kappa shape index (κ2) is 5.10. The van der Waals surface area contributed by atoms with Crippen LogP contribution in [0.15, 0.2) is 18.2 Å². The summed E-state index contributed by atoms with van der Waals surface area (Å²) in [5.41, 5.74) is 0.627. The maximum Gasteiger partial charge on any atom is 0.160 e. The average molecular weight is 213 g/mol. The van der Waals surface area contributed by atoms with Crippen molar-refractivity contribution in [2.75, 3.05) is 5.32 Å². The molecule has 3 heteroatoms. The Kier molecular flexibility index (Phi) is 4.06. The minimum Gasteiger partial charge on any atom is -0.382 e. The van der Waals surface area contributed by atoms with Crippen LogP contribution in [0.3, 0.4) is 0 Å². The van der Waals surface area contributed by atoms with Gasteiger partial charge < -0.3 is 5.32 Å². The monoisotopic (exact) mass is 213 g/mol. The fourth-order valence-corrected chi connectivity index (χ4v) is 1.34. The molecule has 0 aromatic heterocycles. The molecule has 0 aliphatic rings. The molecule has 0 aliphatic carbocycles. The maximum atomic E-state index is 12.9. The first-order chi connectivity index (χ1) is 7.04. The molecule has 0 aliphatic heterocycles. The number of hydrogen-bond acceptors (Lipinski definition) is 1. The van der Waals surface area contributed by atoms with Crippen molar-refractivity contribution in [2.24, 2.45) is 5.92 Å². The number of benzene rings is 1. The van der Waals surface area contributed by atoms with Gasteiger partial charge in [0.05, 0.1) is 0 Å². The molecule has 2 atom stereocenters. The fourth-order valence-electron chi connectivity index (χ4n) is 1.34. The Labute approximate surface area is 89.5 Å². The summed E-state index contributed by atoms with van der Waals surface area (Å²) in [6.07, 6.45) is 1.05. The lowest BCUT2D eigenvalue weighted by Crippen LogP contribution is -2.23. The molecule has 0 heterocycles. The van der Waals surface area contributed by atoms with Crippen LogP contribution in [0.5, 0.6) is 0 Å². The molecule has 84 valence electrons. The molecule has 1 aromatic carbocycles. The molecule has 1 nitrogen and oxygen atoms in total. The first-order valence-corrected chi connectivity index (χ1v) is 5.26. The van der Waals surface area contributed by atoms with Crippen molar-refractivity contribution in [3.8, 4) is 0 Å². The van der Waals surface area contributed by atoms with E-state index in [9.17, 15) is 8.78 Å². The van der Waals surface area contributed by atoms with Crippen LogP contribution in [-0.2, 0) is 0 Å². The van der Waals surface area contributed by atoms with Gasteiger partial charge >= 0.3 is 0 Å². The molecule has 0 fully saturated rings. The third kappa shape index (κ3) is 3.18. The summed E-state index contributed by atoms with van der Waals surface area (Å²) < 4.78 is 25.6. The van der Waals surface area contributed by atoms with Gasteiger partial charge in [-0.25, -0.2) is 8.78 Å². The van der Waals surface area contributed by atoms with Crippen LogP contribution in [0.25, 0.3) is 0 Å². The highest BCUT2D eigenvalue weighted by atomic mass is 19.2. The number of hydrogen-bond donors (Lipinski definition) is 1. The number of halogens is 2. The quantitative estimate of drug-likeness (QED) is 0.801. The Morgan fingerprint density at radius 2 is 1.87 bits per heavy atom. The first kappa shape index (κ1) is 12.0. The van der Waals surface area contributed by atoms with Gasteiger partial charge in [0.2, 0.25) is 0 Å². The average Bonchev–Trinajstić information content (AvgIpc) is 2.22. The van der Waals surface area contributed by atoms with E-state index in [1.165, 1.54) is 6.07 Å². The van der Waals surface area contributed by atoms with E-state index in [2.05, 4.69) is 19.2 Å². The van der Waals surface area contributed by atoms with E-state index in [4.69, 9.17) is 0 Å². The molecule has 1 aromatic rings. The molecule has 0 saturated heterocycles. The van der Waals surface area contributed by atoms with Crippen molar-refractivity contribution >= 4 is 5.69 Å². The Morgan fingerprint density at radius 3 is 2.40 bits per heavy atom. The van der Waals surface area contributed by atoms with Crippen LogP contribution in [0, 0.1) is 17.6 Å². The largest absolute Gasteiger partial charge is 0.382 e. The van der Waals surface area contributed by atoms with Crippen molar-refractivity contribution in [3.63, 3.8) is 0 Å². The van der Waals surface area contributed by atoms with Gasteiger partial charge in [0.1, 0.15) is 0 Å². The lowest BCUT2D eigenvalue weighted by molar-refractivity contribution is 0.491. The number of anilines is 1. The molecular weight excluding hydrogens is 196 g/mol. The predicted molar refractivity (Wildman–Crippen MR) is 58.9 cm³/mol. The topological polar surface area (TPSA) is 12.0 Å². The van der Waals surface area contributed by atoms with E-state index in [-0.39, 0.29) is 6.04 Å². The van der Waals surface area contributed by atoms with Gasteiger partial charge in [0.25, 0.3) is 0 Å². The predicted octanol–water partition coefficient (Wildman–Crippen LogP) is 3.81. The normalized spacial score (nSPS) is 14.7. The smallest absolute Gasteiger partial charge is 0.160 e. The summed E-state index contributed by atoms with van der Waals surface area (Å²) in [5.74, 6) is -1.12. The summed E-state index contributed by atoms with van der Waals surface area (Å²) in [6, 6.07) is 4.13. The van der Waals surface area contributed by atoms with E-state index in [0.717, 1.165) is 12.5 Å². The lowest BCUT2D eigenvalue weighted by atomic mass is 10.0. The molecule has 1 N–H and O–H groups in total. The Balaban J connectivity index is 2.68. The highest BCUT2D eigenvalue weighted by Crippen LogP contribution is 2.17.